The molecule has 0 aliphatic heterocycles. The number of carboxylic acids is 1. The van der Waals surface area contributed by atoms with Crippen LogP contribution in [0.15, 0.2) is 193 Å². The van der Waals surface area contributed by atoms with Gasteiger partial charge in [-0.3, -0.25) is 24.5 Å². The Morgan fingerprint density at radius 3 is 1.09 bits per heavy atom. The molecule has 0 amide bonds. The fourth-order valence-corrected chi connectivity index (χ4v) is 9.54. The van der Waals surface area contributed by atoms with Crippen LogP contribution in [0, 0.1) is 10.1 Å². The molecule has 3 heterocycles. The van der Waals surface area contributed by atoms with Crippen molar-refractivity contribution in [3.8, 4) is 5.75 Å². The number of carboxylic acid groups (broad SMARTS) is 1. The Morgan fingerprint density at radius 2 is 0.785 bits per heavy atom. The van der Waals surface area contributed by atoms with E-state index < -0.39 is 16.5 Å². The number of hydrogen-bond acceptors (Lipinski definition) is 16. The molecule has 0 saturated heterocycles. The summed E-state index contributed by atoms with van der Waals surface area (Å²) in [6.07, 6.45) is 13.8. The molecule has 484 valence electrons. The number of carbonyl (C=O) groups excluding carboxylic acids is 2. The topological polar surface area (TPSA) is 238 Å². The monoisotopic (exact) mass is 1260 g/mol. The van der Waals surface area contributed by atoms with Crippen molar-refractivity contribution in [2.75, 3.05) is 72.0 Å². The molecule has 18 nitrogen and oxygen atoms in total. The average Bonchev–Trinajstić information content (AvgIpc) is 0.842. The highest BCUT2D eigenvalue weighted by Gasteiger charge is 2.12. The molecular weight excluding hydrogens is 1180 g/mol. The summed E-state index contributed by atoms with van der Waals surface area (Å²) in [5, 5.41) is 30.4. The lowest BCUT2D eigenvalue weighted by atomic mass is 10.1. The van der Waals surface area contributed by atoms with Crippen LogP contribution in [0.2, 0.25) is 0 Å². The second kappa shape index (κ2) is 37.1. The first-order chi connectivity index (χ1) is 44.8. The Bertz CT molecular complexity index is 4260. The van der Waals surface area contributed by atoms with Crippen LogP contribution in [0.3, 0.4) is 0 Å². The highest BCUT2D eigenvalue weighted by molar-refractivity contribution is 5.86. The molecule has 0 fully saturated rings. The number of aliphatic carboxylic acids is 1. The second-order valence-electron chi connectivity index (χ2n) is 20.5. The molecule has 0 bridgehead atoms. The van der Waals surface area contributed by atoms with E-state index in [4.69, 9.17) is 18.4 Å². The third kappa shape index (κ3) is 21.5. The van der Waals surface area contributed by atoms with Crippen molar-refractivity contribution in [2.45, 2.75) is 61.8 Å². The van der Waals surface area contributed by atoms with Crippen molar-refractivity contribution >= 4 is 111 Å². The Hall–Kier alpha value is -11.1. The first-order valence-corrected chi connectivity index (χ1v) is 30.6. The van der Waals surface area contributed by atoms with Crippen LogP contribution in [0.5, 0.6) is 5.75 Å². The van der Waals surface area contributed by atoms with Crippen LogP contribution >= 0.6 is 0 Å². The van der Waals surface area contributed by atoms with E-state index in [1.165, 1.54) is 18.2 Å². The molecule has 9 aromatic rings. The van der Waals surface area contributed by atoms with Gasteiger partial charge in [0.1, 0.15) is 28.8 Å². The van der Waals surface area contributed by atoms with Gasteiger partial charge in [-0.25, -0.2) is 14.4 Å². The minimum absolute atomic E-state index is 0.0457. The third-order valence-corrected chi connectivity index (χ3v) is 14.7. The average molecular weight is 1260 g/mol. The van der Waals surface area contributed by atoms with E-state index in [1.807, 2.05) is 123 Å². The number of fused-ring (bicyclic) bond motifs is 3. The van der Waals surface area contributed by atoms with Gasteiger partial charge in [-0.1, -0.05) is 79.4 Å². The Morgan fingerprint density at radius 1 is 0.452 bits per heavy atom. The number of carbonyl (C=O) groups is 3. The second-order valence-corrected chi connectivity index (χ2v) is 20.5. The summed E-state index contributed by atoms with van der Waals surface area (Å²) in [5.41, 5.74) is 9.69. The lowest BCUT2D eigenvalue weighted by Gasteiger charge is -2.21. The zero-order valence-electron chi connectivity index (χ0n) is 54.0. The highest BCUT2D eigenvalue weighted by Crippen LogP contribution is 2.27. The maximum absolute atomic E-state index is 12.4. The summed E-state index contributed by atoms with van der Waals surface area (Å²) in [4.78, 5) is 85.6. The van der Waals surface area contributed by atoms with E-state index in [-0.39, 0.29) is 23.4 Å². The van der Waals surface area contributed by atoms with Gasteiger partial charge in [-0.2, -0.15) is 0 Å². The SMILES string of the molecule is C=CCC(=O)O.C=Cc1cc2ccc(N(CC)CC)cc2oc1=O.CCN(CC)c1ccc(C=O)c(O)c1.CCN(CC)c1ccc2cc(/C=C/c3ccc(/C=C/[N+](=O)[O-])cc3)c(=O)oc2c1.CCN(CC)c1ccc2cc(/C=C/c3ccc(C=O)cc3)c(=O)oc2c1. The van der Waals surface area contributed by atoms with Crippen molar-refractivity contribution in [2.24, 2.45) is 0 Å². The van der Waals surface area contributed by atoms with Gasteiger partial charge in [0.25, 0.3) is 0 Å². The fraction of sp³-hybridized carbons (Fsp3) is 0.227. The standard InChI is InChI=1S/C23H22N2O4.C22H21NO3.C15H17NO2.C11H15NO2.C4H6O2/c1-3-24(4-2)21-12-11-19-15-20(23(26)29-22(19)16-21)10-9-17-5-7-18(8-6-17)13-14-25(27)28;1-3-23(4-2)20-12-11-18-13-19(22(25)26-21(18)14-20)10-9-16-5-7-17(15-24)8-6-16;1-4-11-9-12-7-8-13(16(5-2)6-3)10-14(12)18-15(11)17;1-3-12(4-2)10-6-5-9(8-13)11(14)7-10;1-2-3-4(5)6/h5-16H,3-4H2,1-2H3;5-15H,3-4H2,1-2H3;4,7-10H,1,5-6H2,2-3H3;5-8,14H,3-4H2,1-2H3;2H,1,3H2,(H,5,6)/b10-9+,14-13+;10-9+;;;. The number of nitrogens with zero attached hydrogens (tertiary/aromatic N) is 5. The minimum Gasteiger partial charge on any atom is -0.507 e. The van der Waals surface area contributed by atoms with Gasteiger partial charge < -0.3 is 43.1 Å². The zero-order valence-corrected chi connectivity index (χ0v) is 54.0. The van der Waals surface area contributed by atoms with Crippen LogP contribution in [0.25, 0.3) is 69.4 Å². The molecule has 0 aliphatic carbocycles. The van der Waals surface area contributed by atoms with Gasteiger partial charge in [-0.05, 0) is 151 Å². The molecule has 0 aliphatic rings. The number of phenols is 1. The summed E-state index contributed by atoms with van der Waals surface area (Å²) in [7, 11) is 0. The normalized spacial score (nSPS) is 10.7. The van der Waals surface area contributed by atoms with Crippen molar-refractivity contribution in [1.29, 1.82) is 0 Å². The Kier molecular flexibility index (Phi) is 29.0. The number of phenolic OH excluding ortho intramolecular Hbond substituents is 1. The van der Waals surface area contributed by atoms with Crippen LogP contribution in [0.1, 0.15) is 116 Å². The molecule has 0 saturated carbocycles. The van der Waals surface area contributed by atoms with Crippen LogP contribution < -0.4 is 36.5 Å². The highest BCUT2D eigenvalue weighted by atomic mass is 16.6. The summed E-state index contributed by atoms with van der Waals surface area (Å²) in [6, 6.07) is 42.7. The zero-order chi connectivity index (χ0) is 68.0. The van der Waals surface area contributed by atoms with Crippen LogP contribution in [0.4, 0.5) is 22.7 Å². The van der Waals surface area contributed by atoms with Crippen molar-refractivity contribution in [3.63, 3.8) is 0 Å². The molecule has 0 atom stereocenters. The maximum atomic E-state index is 12.4. The molecule has 0 radical (unpaired) electrons. The van der Waals surface area contributed by atoms with E-state index in [9.17, 15) is 44.0 Å². The van der Waals surface area contributed by atoms with Crippen molar-refractivity contribution in [3.05, 3.63) is 251 Å². The van der Waals surface area contributed by atoms with E-state index in [1.54, 1.807) is 54.6 Å². The molecule has 2 N–H and O–H groups in total. The van der Waals surface area contributed by atoms with Crippen molar-refractivity contribution in [1.82, 2.24) is 0 Å². The molecule has 93 heavy (non-hydrogen) atoms. The van der Waals surface area contributed by atoms with Gasteiger partial charge in [-0.15, -0.1) is 6.58 Å². The number of aldehydes is 2. The predicted molar refractivity (Wildman–Crippen MR) is 380 cm³/mol. The van der Waals surface area contributed by atoms with Crippen molar-refractivity contribution < 1.29 is 42.8 Å². The number of aromatic hydroxyl groups is 1. The Balaban J connectivity index is 0.000000225. The quantitative estimate of drug-likeness (QED) is 0.0199. The largest absolute Gasteiger partial charge is 0.507 e. The number of benzene rings is 6. The summed E-state index contributed by atoms with van der Waals surface area (Å²) >= 11 is 0. The lowest BCUT2D eigenvalue weighted by molar-refractivity contribution is -0.400. The molecule has 18 heteroatoms. The molecule has 0 unspecified atom stereocenters. The fourth-order valence-electron chi connectivity index (χ4n) is 9.54. The van der Waals surface area contributed by atoms with E-state index in [0.29, 0.717) is 50.9 Å². The van der Waals surface area contributed by atoms with Gasteiger partial charge >= 0.3 is 22.8 Å². The first kappa shape index (κ1) is 72.6. The van der Waals surface area contributed by atoms with Crippen LogP contribution in [-0.4, -0.2) is 86.0 Å². The van der Waals surface area contributed by atoms with Crippen LogP contribution in [-0.2, 0) is 4.79 Å². The van der Waals surface area contributed by atoms with Gasteiger partial charge in [0.05, 0.1) is 33.6 Å². The Labute approximate surface area is 541 Å². The maximum Gasteiger partial charge on any atom is 0.343 e. The van der Waals surface area contributed by atoms with E-state index >= 15 is 0 Å². The van der Waals surface area contributed by atoms with Gasteiger partial charge in [0.2, 0.25) is 6.20 Å². The number of hydrogen-bond donors (Lipinski definition) is 2. The van der Waals surface area contributed by atoms with Gasteiger partial charge in [0, 0.05) is 127 Å². The first-order valence-electron chi connectivity index (χ1n) is 30.6. The minimum atomic E-state index is -0.829. The summed E-state index contributed by atoms with van der Waals surface area (Å²) in [5.74, 6) is -0.783. The third-order valence-electron chi connectivity index (χ3n) is 14.7. The smallest absolute Gasteiger partial charge is 0.343 e. The van der Waals surface area contributed by atoms with E-state index in [2.05, 4.69) is 74.3 Å². The lowest BCUT2D eigenvalue weighted by Crippen LogP contribution is -2.21. The number of nitro groups is 1. The molecule has 3 aromatic heterocycles. The predicted octanol–water partition coefficient (Wildman–Crippen LogP) is 15.7. The number of rotatable bonds is 23. The molecule has 0 spiro atoms. The number of anilines is 4. The van der Waals surface area contributed by atoms with E-state index in [0.717, 1.165) is 120 Å². The molecule has 6 aromatic carbocycles. The van der Waals surface area contributed by atoms with Gasteiger partial charge in [0.15, 0.2) is 6.29 Å². The molecule has 9 rings (SSSR count). The summed E-state index contributed by atoms with van der Waals surface area (Å²) < 4.78 is 16.4. The molecular formula is C75H81N5O13. The summed E-state index contributed by atoms with van der Waals surface area (Å²) in [6.45, 7) is 30.7.